The molecule has 1 aliphatic heterocycles. The average Bonchev–Trinajstić information content (AvgIpc) is 3.07. The van der Waals surface area contributed by atoms with Crippen LogP contribution >= 0.6 is 11.6 Å². The van der Waals surface area contributed by atoms with Gasteiger partial charge in [0.15, 0.2) is 0 Å². The number of methoxy groups -OCH3 is 1. The SMILES string of the molecule is COC(=O)N[C@H](C(=O)N1[C@@H]2C[C@@H]2C[C@H]1c1nc(Cl)c(C)[nH]1)C(C)C. The highest BCUT2D eigenvalue weighted by Crippen LogP contribution is 2.53. The second kappa shape index (κ2) is 6.27. The summed E-state index contributed by atoms with van der Waals surface area (Å²) >= 11 is 6.06. The highest BCUT2D eigenvalue weighted by atomic mass is 35.5. The number of fused-ring (bicyclic) bond motifs is 1. The lowest BCUT2D eigenvalue weighted by molar-refractivity contribution is -0.136. The number of alkyl carbamates (subject to hydrolysis) is 1. The fourth-order valence-electron chi connectivity index (χ4n) is 3.50. The van der Waals surface area contributed by atoms with E-state index >= 15 is 0 Å². The first-order valence-corrected chi connectivity index (χ1v) is 8.60. The largest absolute Gasteiger partial charge is 0.453 e. The molecule has 0 spiro atoms. The predicted octanol–water partition coefficient (Wildman–Crippen LogP) is 2.41. The molecule has 2 N–H and O–H groups in total. The Bertz CT molecular complexity index is 640. The topological polar surface area (TPSA) is 87.3 Å². The number of nitrogens with zero attached hydrogens (tertiary/aromatic N) is 2. The molecule has 0 aromatic carbocycles. The molecule has 0 radical (unpaired) electrons. The number of aromatic nitrogens is 2. The molecule has 2 amide bonds. The van der Waals surface area contributed by atoms with Gasteiger partial charge in [0, 0.05) is 6.04 Å². The number of H-pyrrole nitrogens is 1. The number of hydrogen-bond donors (Lipinski definition) is 2. The normalized spacial score (nSPS) is 26.2. The maximum absolute atomic E-state index is 13.1. The number of imidazole rings is 1. The second-order valence-corrected chi connectivity index (χ2v) is 7.31. The molecule has 8 heteroatoms. The van der Waals surface area contributed by atoms with E-state index in [0.717, 1.165) is 24.4 Å². The van der Waals surface area contributed by atoms with Crippen LogP contribution in [0, 0.1) is 18.8 Å². The lowest BCUT2D eigenvalue weighted by Crippen LogP contribution is -2.52. The Hall–Kier alpha value is -1.76. The molecule has 1 aromatic heterocycles. The molecule has 1 saturated heterocycles. The van der Waals surface area contributed by atoms with Gasteiger partial charge in [0.2, 0.25) is 5.91 Å². The zero-order valence-corrected chi connectivity index (χ0v) is 15.1. The monoisotopic (exact) mass is 354 g/mol. The molecule has 0 bridgehead atoms. The summed E-state index contributed by atoms with van der Waals surface area (Å²) in [4.78, 5) is 34.2. The first-order chi connectivity index (χ1) is 11.3. The number of carbonyl (C=O) groups is 2. The number of amides is 2. The van der Waals surface area contributed by atoms with E-state index in [-0.39, 0.29) is 23.9 Å². The lowest BCUT2D eigenvalue weighted by Gasteiger charge is -2.31. The maximum Gasteiger partial charge on any atom is 0.407 e. The number of likely N-dealkylation sites (tertiary alicyclic amines) is 1. The van der Waals surface area contributed by atoms with Gasteiger partial charge in [-0.2, -0.15) is 0 Å². The summed E-state index contributed by atoms with van der Waals surface area (Å²) in [7, 11) is 1.29. The Labute approximate surface area is 146 Å². The van der Waals surface area contributed by atoms with Crippen LogP contribution in [0.5, 0.6) is 0 Å². The zero-order chi connectivity index (χ0) is 17.6. The zero-order valence-electron chi connectivity index (χ0n) is 14.3. The van der Waals surface area contributed by atoms with Gasteiger partial charge in [-0.25, -0.2) is 9.78 Å². The van der Waals surface area contributed by atoms with Crippen molar-refractivity contribution >= 4 is 23.6 Å². The van der Waals surface area contributed by atoms with Gasteiger partial charge in [-0.3, -0.25) is 4.79 Å². The predicted molar refractivity (Wildman–Crippen MR) is 88.6 cm³/mol. The molecule has 1 aromatic rings. The molecular formula is C16H23ClN4O3. The van der Waals surface area contributed by atoms with E-state index in [1.807, 2.05) is 25.7 Å². The van der Waals surface area contributed by atoms with E-state index in [4.69, 9.17) is 11.6 Å². The third kappa shape index (κ3) is 2.97. The maximum atomic E-state index is 13.1. The minimum atomic E-state index is -0.620. The van der Waals surface area contributed by atoms with E-state index in [9.17, 15) is 9.59 Å². The summed E-state index contributed by atoms with van der Waals surface area (Å²) in [6.07, 6.45) is 1.29. The third-order valence-corrected chi connectivity index (χ3v) is 5.28. The molecule has 1 aliphatic carbocycles. The molecule has 2 aliphatic rings. The molecule has 0 unspecified atom stereocenters. The van der Waals surface area contributed by atoms with Crippen molar-refractivity contribution in [2.75, 3.05) is 7.11 Å². The molecule has 3 rings (SSSR count). The van der Waals surface area contributed by atoms with Gasteiger partial charge < -0.3 is 19.9 Å². The van der Waals surface area contributed by atoms with Gasteiger partial charge in [-0.05, 0) is 31.6 Å². The Kier molecular flexibility index (Phi) is 4.46. The average molecular weight is 355 g/mol. The summed E-state index contributed by atoms with van der Waals surface area (Å²) in [6, 6.07) is -0.508. The van der Waals surface area contributed by atoms with Crippen molar-refractivity contribution in [1.29, 1.82) is 0 Å². The minimum Gasteiger partial charge on any atom is -0.453 e. The van der Waals surface area contributed by atoms with Crippen molar-refractivity contribution in [3.63, 3.8) is 0 Å². The number of halogens is 1. The van der Waals surface area contributed by atoms with Gasteiger partial charge in [-0.15, -0.1) is 0 Å². The van der Waals surface area contributed by atoms with Crippen LogP contribution in [0.25, 0.3) is 0 Å². The van der Waals surface area contributed by atoms with Crippen LogP contribution in [-0.2, 0) is 9.53 Å². The van der Waals surface area contributed by atoms with Crippen LogP contribution in [0.2, 0.25) is 5.15 Å². The highest BCUT2D eigenvalue weighted by Gasteiger charge is 2.56. The Balaban J connectivity index is 1.84. The first-order valence-electron chi connectivity index (χ1n) is 8.22. The van der Waals surface area contributed by atoms with Crippen molar-refractivity contribution < 1.29 is 14.3 Å². The lowest BCUT2D eigenvalue weighted by atomic mass is 10.0. The number of aromatic amines is 1. The Morgan fingerprint density at radius 2 is 2.12 bits per heavy atom. The third-order valence-electron chi connectivity index (χ3n) is 4.91. The smallest absolute Gasteiger partial charge is 0.407 e. The molecule has 132 valence electrons. The van der Waals surface area contributed by atoms with E-state index < -0.39 is 12.1 Å². The Morgan fingerprint density at radius 1 is 1.42 bits per heavy atom. The molecule has 1 saturated carbocycles. The number of hydrogen-bond acceptors (Lipinski definition) is 4. The summed E-state index contributed by atoms with van der Waals surface area (Å²) in [5.74, 6) is 1.10. The van der Waals surface area contributed by atoms with Crippen molar-refractivity contribution in [3.05, 3.63) is 16.7 Å². The number of nitrogens with one attached hydrogen (secondary N) is 2. The number of ether oxygens (including phenoxy) is 1. The van der Waals surface area contributed by atoms with Gasteiger partial charge in [0.25, 0.3) is 0 Å². The van der Waals surface area contributed by atoms with E-state index in [1.54, 1.807) is 0 Å². The number of piperidine rings is 1. The fourth-order valence-corrected chi connectivity index (χ4v) is 3.63. The molecule has 2 heterocycles. The van der Waals surface area contributed by atoms with Crippen LogP contribution in [0.4, 0.5) is 4.79 Å². The molecule has 2 fully saturated rings. The van der Waals surface area contributed by atoms with Crippen LogP contribution in [-0.4, -0.2) is 46.1 Å². The van der Waals surface area contributed by atoms with Crippen molar-refractivity contribution in [2.24, 2.45) is 11.8 Å². The van der Waals surface area contributed by atoms with E-state index in [2.05, 4.69) is 20.0 Å². The van der Waals surface area contributed by atoms with Crippen LogP contribution in [0.1, 0.15) is 44.2 Å². The minimum absolute atomic E-state index is 0.0445. The van der Waals surface area contributed by atoms with Crippen molar-refractivity contribution in [3.8, 4) is 0 Å². The first kappa shape index (κ1) is 17.1. The molecule has 4 atom stereocenters. The summed E-state index contributed by atoms with van der Waals surface area (Å²) < 4.78 is 4.65. The number of aryl methyl sites for hydroxylation is 1. The highest BCUT2D eigenvalue weighted by molar-refractivity contribution is 6.30. The van der Waals surface area contributed by atoms with Crippen molar-refractivity contribution in [2.45, 2.75) is 51.7 Å². The quantitative estimate of drug-likeness (QED) is 0.869. The second-order valence-electron chi connectivity index (χ2n) is 6.96. The number of carbonyl (C=O) groups excluding carboxylic acids is 2. The van der Waals surface area contributed by atoms with Gasteiger partial charge in [-0.1, -0.05) is 25.4 Å². The van der Waals surface area contributed by atoms with Crippen LogP contribution in [0.3, 0.4) is 0 Å². The van der Waals surface area contributed by atoms with Crippen molar-refractivity contribution in [1.82, 2.24) is 20.2 Å². The number of rotatable bonds is 4. The van der Waals surface area contributed by atoms with E-state index in [0.29, 0.717) is 11.1 Å². The van der Waals surface area contributed by atoms with Gasteiger partial charge in [0.1, 0.15) is 17.0 Å². The Morgan fingerprint density at radius 3 is 2.67 bits per heavy atom. The molecule has 7 nitrogen and oxygen atoms in total. The van der Waals surface area contributed by atoms with Gasteiger partial charge in [0.05, 0.1) is 18.8 Å². The molecule has 24 heavy (non-hydrogen) atoms. The van der Waals surface area contributed by atoms with Crippen LogP contribution in [0.15, 0.2) is 0 Å². The summed E-state index contributed by atoms with van der Waals surface area (Å²) in [6.45, 7) is 5.67. The fraction of sp³-hybridized carbons (Fsp3) is 0.688. The molecular weight excluding hydrogens is 332 g/mol. The summed E-state index contributed by atoms with van der Waals surface area (Å²) in [5, 5.41) is 3.10. The van der Waals surface area contributed by atoms with Gasteiger partial charge >= 0.3 is 6.09 Å². The standard InChI is InChI=1S/C16H23ClN4O3/c1-7(2)12(19-16(23)24-4)15(22)21-10-5-9(10)6-11(21)14-18-8(3)13(17)20-14/h7,9-12H,5-6H2,1-4H3,(H,18,20)(H,19,23)/t9-,10-,11+,12+/m1/s1. The summed E-state index contributed by atoms with van der Waals surface area (Å²) in [5.41, 5.74) is 0.799. The van der Waals surface area contributed by atoms with Crippen LogP contribution < -0.4 is 5.32 Å². The van der Waals surface area contributed by atoms with E-state index in [1.165, 1.54) is 7.11 Å².